The van der Waals surface area contributed by atoms with Gasteiger partial charge >= 0.3 is 0 Å². The van der Waals surface area contributed by atoms with Crippen LogP contribution in [0.4, 0.5) is 10.1 Å². The van der Waals surface area contributed by atoms with Gasteiger partial charge in [0.25, 0.3) is 0 Å². The van der Waals surface area contributed by atoms with Crippen LogP contribution < -0.4 is 4.90 Å². The molecule has 1 heterocycles. The quantitative estimate of drug-likeness (QED) is 0.743. The van der Waals surface area contributed by atoms with Crippen LogP contribution in [0, 0.1) is 28.5 Å². The molecule has 2 nitrogen and oxygen atoms in total. The second-order valence-corrected chi connectivity index (χ2v) is 5.71. The van der Waals surface area contributed by atoms with E-state index in [1.165, 1.54) is 6.07 Å². The first kappa shape index (κ1) is 11.9. The van der Waals surface area contributed by atoms with Crippen LogP contribution in [0.15, 0.2) is 18.2 Å². The van der Waals surface area contributed by atoms with Crippen molar-refractivity contribution in [3.8, 4) is 6.07 Å². The number of anilines is 1. The first-order valence-corrected chi connectivity index (χ1v) is 5.87. The zero-order valence-electron chi connectivity index (χ0n) is 10.5. The standard InChI is InChI=1S/C14H17FN2/c1-14(2,3)10-8-17(9-10)13-6-4-5-12(15)11(13)7-16/h4-6,10H,8-9H2,1-3H3. The topological polar surface area (TPSA) is 27.0 Å². The van der Waals surface area contributed by atoms with Crippen molar-refractivity contribution < 1.29 is 4.39 Å². The van der Waals surface area contributed by atoms with E-state index in [0.717, 1.165) is 18.8 Å². The molecule has 1 aliphatic rings. The fourth-order valence-electron chi connectivity index (χ4n) is 2.11. The van der Waals surface area contributed by atoms with Gasteiger partial charge in [0.1, 0.15) is 17.4 Å². The van der Waals surface area contributed by atoms with Crippen molar-refractivity contribution in [3.63, 3.8) is 0 Å². The Bertz CT molecular complexity index is 462. The lowest BCUT2D eigenvalue weighted by Gasteiger charge is -2.47. The number of nitriles is 1. The molecule has 1 aromatic carbocycles. The monoisotopic (exact) mass is 232 g/mol. The van der Waals surface area contributed by atoms with E-state index in [-0.39, 0.29) is 11.0 Å². The van der Waals surface area contributed by atoms with E-state index in [2.05, 4.69) is 25.7 Å². The molecule has 3 heteroatoms. The maximum Gasteiger partial charge on any atom is 0.143 e. The predicted molar refractivity (Wildman–Crippen MR) is 66.3 cm³/mol. The molecule has 0 bridgehead atoms. The fourth-order valence-corrected chi connectivity index (χ4v) is 2.11. The smallest absolute Gasteiger partial charge is 0.143 e. The number of hydrogen-bond acceptors (Lipinski definition) is 2. The van der Waals surface area contributed by atoms with E-state index >= 15 is 0 Å². The molecule has 1 aromatic rings. The minimum absolute atomic E-state index is 0.167. The lowest BCUT2D eigenvalue weighted by molar-refractivity contribution is 0.195. The van der Waals surface area contributed by atoms with Crippen LogP contribution in [-0.2, 0) is 0 Å². The molecule has 0 aromatic heterocycles. The molecule has 1 aliphatic heterocycles. The predicted octanol–water partition coefficient (Wildman–Crippen LogP) is 3.18. The molecule has 0 unspecified atom stereocenters. The molecule has 0 spiro atoms. The number of rotatable bonds is 1. The summed E-state index contributed by atoms with van der Waals surface area (Å²) in [4.78, 5) is 2.08. The van der Waals surface area contributed by atoms with Gasteiger partial charge < -0.3 is 4.90 Å². The number of halogens is 1. The first-order valence-electron chi connectivity index (χ1n) is 5.87. The Hall–Kier alpha value is -1.56. The second-order valence-electron chi connectivity index (χ2n) is 5.71. The molecule has 0 N–H and O–H groups in total. The minimum atomic E-state index is -0.427. The van der Waals surface area contributed by atoms with Gasteiger partial charge in [-0.2, -0.15) is 5.26 Å². The van der Waals surface area contributed by atoms with Gasteiger partial charge in [0.2, 0.25) is 0 Å². The summed E-state index contributed by atoms with van der Waals surface area (Å²) in [6, 6.07) is 6.77. The van der Waals surface area contributed by atoms with Crippen LogP contribution in [0.25, 0.3) is 0 Å². The van der Waals surface area contributed by atoms with Crippen molar-refractivity contribution in [2.45, 2.75) is 20.8 Å². The Morgan fingerprint density at radius 1 is 1.35 bits per heavy atom. The van der Waals surface area contributed by atoms with Gasteiger partial charge in [-0.1, -0.05) is 26.8 Å². The van der Waals surface area contributed by atoms with Crippen LogP contribution in [0.2, 0.25) is 0 Å². The molecule has 1 saturated heterocycles. The van der Waals surface area contributed by atoms with E-state index < -0.39 is 5.82 Å². The molecule has 0 amide bonds. The Balaban J connectivity index is 2.18. The molecular weight excluding hydrogens is 215 g/mol. The third-order valence-electron chi connectivity index (χ3n) is 3.55. The largest absolute Gasteiger partial charge is 0.370 e. The van der Waals surface area contributed by atoms with Crippen LogP contribution in [-0.4, -0.2) is 13.1 Å². The van der Waals surface area contributed by atoms with Crippen molar-refractivity contribution in [3.05, 3.63) is 29.6 Å². The van der Waals surface area contributed by atoms with E-state index in [1.807, 2.05) is 12.1 Å². The van der Waals surface area contributed by atoms with Crippen molar-refractivity contribution in [2.75, 3.05) is 18.0 Å². The zero-order valence-corrected chi connectivity index (χ0v) is 10.5. The van der Waals surface area contributed by atoms with Crippen LogP contribution in [0.3, 0.4) is 0 Å². The van der Waals surface area contributed by atoms with Crippen molar-refractivity contribution in [1.29, 1.82) is 5.26 Å². The van der Waals surface area contributed by atoms with E-state index in [9.17, 15) is 4.39 Å². The second kappa shape index (κ2) is 4.03. The summed E-state index contributed by atoms with van der Waals surface area (Å²) in [7, 11) is 0. The summed E-state index contributed by atoms with van der Waals surface area (Å²) >= 11 is 0. The van der Waals surface area contributed by atoms with Gasteiger partial charge in [-0.15, -0.1) is 0 Å². The maximum absolute atomic E-state index is 13.5. The molecule has 2 rings (SSSR count). The fraction of sp³-hybridized carbons (Fsp3) is 0.500. The molecule has 90 valence electrons. The summed E-state index contributed by atoms with van der Waals surface area (Å²) in [6.07, 6.45) is 0. The van der Waals surface area contributed by atoms with Crippen LogP contribution in [0.1, 0.15) is 26.3 Å². The Kier molecular flexibility index (Phi) is 2.82. The number of benzene rings is 1. The summed E-state index contributed by atoms with van der Waals surface area (Å²) < 4.78 is 13.5. The minimum Gasteiger partial charge on any atom is -0.370 e. The third-order valence-corrected chi connectivity index (χ3v) is 3.55. The average Bonchev–Trinajstić information content (AvgIpc) is 2.13. The highest BCUT2D eigenvalue weighted by atomic mass is 19.1. The molecular formula is C14H17FN2. The highest BCUT2D eigenvalue weighted by Crippen LogP contribution is 2.37. The van der Waals surface area contributed by atoms with Gasteiger partial charge in [-0.3, -0.25) is 0 Å². The van der Waals surface area contributed by atoms with Crippen LogP contribution in [0.5, 0.6) is 0 Å². The third kappa shape index (κ3) is 2.12. The highest BCUT2D eigenvalue weighted by Gasteiger charge is 2.36. The SMILES string of the molecule is CC(C)(C)C1CN(c2cccc(F)c2C#N)C1. The Morgan fingerprint density at radius 2 is 2.00 bits per heavy atom. The summed E-state index contributed by atoms with van der Waals surface area (Å²) in [5.41, 5.74) is 1.17. The lowest BCUT2D eigenvalue weighted by Crippen LogP contribution is -2.52. The molecule has 17 heavy (non-hydrogen) atoms. The van der Waals surface area contributed by atoms with Crippen molar-refractivity contribution in [2.24, 2.45) is 11.3 Å². The van der Waals surface area contributed by atoms with Gasteiger partial charge in [0, 0.05) is 13.1 Å². The maximum atomic E-state index is 13.5. The zero-order chi connectivity index (χ0) is 12.6. The Morgan fingerprint density at radius 3 is 2.53 bits per heavy atom. The molecule has 0 saturated carbocycles. The van der Waals surface area contributed by atoms with E-state index in [1.54, 1.807) is 6.07 Å². The number of hydrogen-bond donors (Lipinski definition) is 0. The van der Waals surface area contributed by atoms with Gasteiger partial charge in [0.05, 0.1) is 5.69 Å². The summed E-state index contributed by atoms with van der Waals surface area (Å²) in [5.74, 6) is 0.182. The van der Waals surface area contributed by atoms with Crippen LogP contribution >= 0.6 is 0 Å². The van der Waals surface area contributed by atoms with E-state index in [4.69, 9.17) is 5.26 Å². The van der Waals surface area contributed by atoms with Crippen molar-refractivity contribution >= 4 is 5.69 Å². The first-order chi connectivity index (χ1) is 7.93. The Labute approximate surface area is 102 Å². The molecule has 0 atom stereocenters. The van der Waals surface area contributed by atoms with E-state index in [0.29, 0.717) is 5.92 Å². The summed E-state index contributed by atoms with van der Waals surface area (Å²) in [5, 5.41) is 8.98. The normalized spacial score (nSPS) is 16.5. The molecule has 0 radical (unpaired) electrons. The molecule has 1 fully saturated rings. The van der Waals surface area contributed by atoms with Gasteiger partial charge in [-0.25, -0.2) is 4.39 Å². The van der Waals surface area contributed by atoms with Gasteiger partial charge in [-0.05, 0) is 23.5 Å². The average molecular weight is 232 g/mol. The molecule has 0 aliphatic carbocycles. The number of nitrogens with zero attached hydrogens (tertiary/aromatic N) is 2. The van der Waals surface area contributed by atoms with Gasteiger partial charge in [0.15, 0.2) is 0 Å². The highest BCUT2D eigenvalue weighted by molar-refractivity contribution is 5.61. The lowest BCUT2D eigenvalue weighted by atomic mass is 9.75. The summed E-state index contributed by atoms with van der Waals surface area (Å²) in [6.45, 7) is 8.45. The van der Waals surface area contributed by atoms with Crippen molar-refractivity contribution in [1.82, 2.24) is 0 Å².